The van der Waals surface area contributed by atoms with Crippen molar-refractivity contribution in [1.82, 2.24) is 20.2 Å². The normalized spacial score (nSPS) is 12.3. The molecule has 0 radical (unpaired) electrons. The molecule has 7 heteroatoms. The van der Waals surface area contributed by atoms with Gasteiger partial charge in [0.05, 0.1) is 6.54 Å². The van der Waals surface area contributed by atoms with E-state index in [9.17, 15) is 0 Å². The molecule has 5 nitrogen and oxygen atoms in total. The Morgan fingerprint density at radius 1 is 1.20 bits per heavy atom. The Kier molecular flexibility index (Phi) is 10.4. The number of hydrogen-bond donors (Lipinski definition) is 2. The van der Waals surface area contributed by atoms with E-state index in [1.165, 1.54) is 16.0 Å². The molecule has 3 rings (SSSR count). The van der Waals surface area contributed by atoms with Gasteiger partial charge < -0.3 is 15.2 Å². The van der Waals surface area contributed by atoms with Gasteiger partial charge in [-0.05, 0) is 48.8 Å². The lowest BCUT2D eigenvalue weighted by Gasteiger charge is -2.15. The van der Waals surface area contributed by atoms with Crippen LogP contribution in [0.25, 0.3) is 0 Å². The Labute approximate surface area is 201 Å². The number of hydrogen-bond acceptors (Lipinski definition) is 3. The summed E-state index contributed by atoms with van der Waals surface area (Å²) in [5, 5.41) is 8.99. The molecule has 0 aliphatic carbocycles. The predicted molar refractivity (Wildman–Crippen MR) is 138 cm³/mol. The zero-order chi connectivity index (χ0) is 20.5. The summed E-state index contributed by atoms with van der Waals surface area (Å²) < 4.78 is 2.16. The molecule has 1 aromatic carbocycles. The van der Waals surface area contributed by atoms with Crippen molar-refractivity contribution in [3.8, 4) is 0 Å². The molecule has 2 aromatic heterocycles. The van der Waals surface area contributed by atoms with Crippen molar-refractivity contribution in [3.05, 3.63) is 76.0 Å². The predicted octanol–water partition coefficient (Wildman–Crippen LogP) is 4.85. The largest absolute Gasteiger partial charge is 0.357 e. The molecule has 0 saturated heterocycles. The Morgan fingerprint density at radius 3 is 2.73 bits per heavy atom. The maximum absolute atomic E-state index is 4.79. The number of guanidine groups is 1. The van der Waals surface area contributed by atoms with Crippen LogP contribution in [0.1, 0.15) is 35.7 Å². The zero-order valence-electron chi connectivity index (χ0n) is 18.0. The van der Waals surface area contributed by atoms with Gasteiger partial charge in [0.1, 0.15) is 5.82 Å². The number of rotatable bonds is 9. The maximum atomic E-state index is 4.79. The van der Waals surface area contributed by atoms with Gasteiger partial charge >= 0.3 is 0 Å². The van der Waals surface area contributed by atoms with Crippen molar-refractivity contribution < 1.29 is 0 Å². The number of nitrogens with one attached hydrogen (secondary N) is 2. The fraction of sp³-hybridized carbons (Fsp3) is 0.391. The van der Waals surface area contributed by atoms with Crippen LogP contribution in [0.15, 0.2) is 59.2 Å². The highest BCUT2D eigenvalue weighted by molar-refractivity contribution is 14.0. The number of aryl methyl sites for hydroxylation is 1. The lowest BCUT2D eigenvalue weighted by atomic mass is 10.1. The highest BCUT2D eigenvalue weighted by atomic mass is 127. The van der Waals surface area contributed by atoms with Crippen molar-refractivity contribution in [2.75, 3.05) is 13.1 Å². The lowest BCUT2D eigenvalue weighted by Crippen LogP contribution is -2.39. The van der Waals surface area contributed by atoms with E-state index in [4.69, 9.17) is 4.99 Å². The fourth-order valence-corrected chi connectivity index (χ4v) is 4.09. The average Bonchev–Trinajstić information content (AvgIpc) is 3.36. The van der Waals surface area contributed by atoms with Crippen molar-refractivity contribution in [1.29, 1.82) is 0 Å². The third kappa shape index (κ3) is 7.75. The maximum Gasteiger partial charge on any atom is 0.191 e. The minimum Gasteiger partial charge on any atom is -0.357 e. The Morgan fingerprint density at radius 2 is 2.03 bits per heavy atom. The summed E-state index contributed by atoms with van der Waals surface area (Å²) in [7, 11) is 0. The summed E-state index contributed by atoms with van der Waals surface area (Å²) in [5.74, 6) is 2.46. The number of aliphatic imine (C=N–C) groups is 1. The van der Waals surface area contributed by atoms with Gasteiger partial charge in [0.2, 0.25) is 0 Å². The quantitative estimate of drug-likeness (QED) is 0.233. The lowest BCUT2D eigenvalue weighted by molar-refractivity contribution is 0.562. The molecule has 1 atom stereocenters. The van der Waals surface area contributed by atoms with Crippen LogP contribution in [0.3, 0.4) is 0 Å². The number of nitrogens with zero attached hydrogens (tertiary/aromatic N) is 3. The van der Waals surface area contributed by atoms with Crippen LogP contribution in [-0.4, -0.2) is 28.6 Å². The fourth-order valence-electron chi connectivity index (χ4n) is 3.22. The molecule has 162 valence electrons. The molecule has 0 bridgehead atoms. The second-order valence-electron chi connectivity index (χ2n) is 7.39. The van der Waals surface area contributed by atoms with E-state index < -0.39 is 0 Å². The number of thiophene rings is 1. The molecule has 1 unspecified atom stereocenters. The van der Waals surface area contributed by atoms with E-state index in [0.29, 0.717) is 12.5 Å². The van der Waals surface area contributed by atoms with Crippen LogP contribution in [0, 0.1) is 12.8 Å². The zero-order valence-corrected chi connectivity index (χ0v) is 21.1. The molecule has 3 aromatic rings. The summed E-state index contributed by atoms with van der Waals surface area (Å²) in [6.45, 7) is 9.66. The first kappa shape index (κ1) is 24.4. The van der Waals surface area contributed by atoms with E-state index in [2.05, 4.69) is 75.8 Å². The number of aromatic nitrogens is 2. The van der Waals surface area contributed by atoms with Gasteiger partial charge in [0, 0.05) is 36.9 Å². The summed E-state index contributed by atoms with van der Waals surface area (Å²) in [5.41, 5.74) is 2.48. The Hall–Kier alpha value is -1.87. The van der Waals surface area contributed by atoms with Gasteiger partial charge in [-0.2, -0.15) is 0 Å². The van der Waals surface area contributed by atoms with Gasteiger partial charge in [-0.25, -0.2) is 9.98 Å². The summed E-state index contributed by atoms with van der Waals surface area (Å²) in [6, 6.07) is 13.0. The molecule has 2 N–H and O–H groups in total. The summed E-state index contributed by atoms with van der Waals surface area (Å²) >= 11 is 1.83. The third-order valence-corrected chi connectivity index (χ3v) is 5.68. The van der Waals surface area contributed by atoms with Crippen LogP contribution in [-0.2, 0) is 19.5 Å². The molecular weight excluding hydrogens is 505 g/mol. The first-order valence-electron chi connectivity index (χ1n) is 10.2. The second kappa shape index (κ2) is 12.7. The van der Waals surface area contributed by atoms with Crippen molar-refractivity contribution in [2.45, 2.75) is 40.3 Å². The molecule has 30 heavy (non-hydrogen) atoms. The number of benzene rings is 1. The van der Waals surface area contributed by atoms with E-state index >= 15 is 0 Å². The highest BCUT2D eigenvalue weighted by Gasteiger charge is 2.06. The molecule has 2 heterocycles. The Bertz CT molecular complexity index is 904. The average molecular weight is 538 g/mol. The standard InChI is InChI=1S/C23H31N5S.HI/c1-4-24-23(26-15-18(2)13-22-9-6-12-29-22)27-16-20-7-5-8-21(14-20)17-28-11-10-25-19(28)3;/h5-12,14,18H,4,13,15-17H2,1-3H3,(H2,24,26,27);1H. The van der Waals surface area contributed by atoms with Crippen LogP contribution in [0.2, 0.25) is 0 Å². The molecule has 0 aliphatic heterocycles. The molecule has 0 aliphatic rings. The second-order valence-corrected chi connectivity index (χ2v) is 8.42. The molecular formula is C23H32IN5S. The molecule has 0 fully saturated rings. The SMILES string of the molecule is CCNC(=NCc1cccc(Cn2ccnc2C)c1)NCC(C)Cc1cccs1.I. The molecule has 0 spiro atoms. The highest BCUT2D eigenvalue weighted by Crippen LogP contribution is 2.14. The summed E-state index contributed by atoms with van der Waals surface area (Å²) in [6.07, 6.45) is 4.96. The van der Waals surface area contributed by atoms with Crippen LogP contribution < -0.4 is 10.6 Å². The summed E-state index contributed by atoms with van der Waals surface area (Å²) in [4.78, 5) is 10.5. The van der Waals surface area contributed by atoms with Gasteiger partial charge in [-0.3, -0.25) is 0 Å². The van der Waals surface area contributed by atoms with Gasteiger partial charge in [-0.15, -0.1) is 35.3 Å². The first-order chi connectivity index (χ1) is 14.1. The minimum atomic E-state index is 0. The van der Waals surface area contributed by atoms with Crippen LogP contribution in [0.4, 0.5) is 0 Å². The van der Waals surface area contributed by atoms with Gasteiger partial charge in [0.25, 0.3) is 0 Å². The van der Waals surface area contributed by atoms with Crippen molar-refractivity contribution in [2.24, 2.45) is 10.9 Å². The van der Waals surface area contributed by atoms with Gasteiger partial charge in [-0.1, -0.05) is 37.3 Å². The van der Waals surface area contributed by atoms with Crippen LogP contribution in [0.5, 0.6) is 0 Å². The van der Waals surface area contributed by atoms with E-state index in [-0.39, 0.29) is 24.0 Å². The van der Waals surface area contributed by atoms with Crippen molar-refractivity contribution >= 4 is 41.3 Å². The topological polar surface area (TPSA) is 54.2 Å². The number of halogens is 1. The van der Waals surface area contributed by atoms with E-state index in [1.54, 1.807) is 0 Å². The monoisotopic (exact) mass is 537 g/mol. The smallest absolute Gasteiger partial charge is 0.191 e. The Balaban J connectivity index is 0.00000320. The molecule has 0 saturated carbocycles. The van der Waals surface area contributed by atoms with E-state index in [0.717, 1.165) is 37.8 Å². The van der Waals surface area contributed by atoms with Crippen molar-refractivity contribution in [3.63, 3.8) is 0 Å². The molecule has 0 amide bonds. The van der Waals surface area contributed by atoms with E-state index in [1.807, 2.05) is 30.7 Å². The minimum absolute atomic E-state index is 0. The third-order valence-electron chi connectivity index (χ3n) is 4.78. The number of imidazole rings is 1. The van der Waals surface area contributed by atoms with Gasteiger partial charge in [0.15, 0.2) is 5.96 Å². The van der Waals surface area contributed by atoms with Crippen LogP contribution >= 0.6 is 35.3 Å². The first-order valence-corrected chi connectivity index (χ1v) is 11.1.